The fourth-order valence-electron chi connectivity index (χ4n) is 2.55. The molecule has 3 rings (SSSR count). The van der Waals surface area contributed by atoms with Crippen LogP contribution in [-0.4, -0.2) is 22.1 Å². The van der Waals surface area contributed by atoms with Crippen molar-refractivity contribution < 1.29 is 9.90 Å². The van der Waals surface area contributed by atoms with Crippen LogP contribution in [-0.2, 0) is 11.8 Å². The minimum Gasteiger partial charge on any atom is -0.386 e. The maximum absolute atomic E-state index is 11.8. The van der Waals surface area contributed by atoms with Crippen LogP contribution in [0.3, 0.4) is 0 Å². The van der Waals surface area contributed by atoms with Crippen molar-refractivity contribution in [2.24, 2.45) is 7.05 Å². The molecule has 0 fully saturated rings. The largest absolute Gasteiger partial charge is 0.386 e. The molecular formula is C18H18N2O2S. The number of carbonyl (C=O) groups excluding carboxylic acids is 1. The van der Waals surface area contributed by atoms with Gasteiger partial charge in [-0.25, -0.2) is 0 Å². The van der Waals surface area contributed by atoms with E-state index in [0.29, 0.717) is 0 Å². The number of fused-ring (bicyclic) bond motifs is 1. The van der Waals surface area contributed by atoms with Gasteiger partial charge in [-0.3, -0.25) is 4.79 Å². The number of para-hydroxylation sites is 1. The van der Waals surface area contributed by atoms with Crippen LogP contribution < -0.4 is 5.32 Å². The number of rotatable bonds is 5. The second-order valence-corrected chi connectivity index (χ2v) is 6.14. The van der Waals surface area contributed by atoms with E-state index in [1.54, 1.807) is 17.4 Å². The molecular weight excluding hydrogens is 308 g/mol. The van der Waals surface area contributed by atoms with E-state index >= 15 is 0 Å². The molecule has 2 heterocycles. The Morgan fingerprint density at radius 2 is 2.22 bits per heavy atom. The van der Waals surface area contributed by atoms with Gasteiger partial charge in [0.15, 0.2) is 0 Å². The average Bonchev–Trinajstić information content (AvgIpc) is 3.19. The highest BCUT2D eigenvalue weighted by molar-refractivity contribution is 7.08. The lowest BCUT2D eigenvalue weighted by Gasteiger charge is -2.10. The Bertz CT molecular complexity index is 834. The molecule has 2 aromatic heterocycles. The topological polar surface area (TPSA) is 54.3 Å². The summed E-state index contributed by atoms with van der Waals surface area (Å²) >= 11 is 1.58. The number of aliphatic hydroxyl groups is 1. The minimum absolute atomic E-state index is 0.181. The number of aliphatic hydroxyl groups excluding tert-OH is 1. The lowest BCUT2D eigenvalue weighted by Crippen LogP contribution is -2.26. The Morgan fingerprint density at radius 1 is 1.39 bits per heavy atom. The lowest BCUT2D eigenvalue weighted by atomic mass is 10.1. The summed E-state index contributed by atoms with van der Waals surface area (Å²) in [6.07, 6.45) is 4.41. The Morgan fingerprint density at radius 3 is 3.00 bits per heavy atom. The first-order valence-corrected chi connectivity index (χ1v) is 8.29. The molecule has 23 heavy (non-hydrogen) atoms. The van der Waals surface area contributed by atoms with Crippen LogP contribution in [0.15, 0.2) is 53.4 Å². The number of aromatic nitrogens is 1. The number of nitrogens with one attached hydrogen (secondary N) is 1. The van der Waals surface area contributed by atoms with E-state index in [1.807, 2.05) is 58.9 Å². The predicted octanol–water partition coefficient (Wildman–Crippen LogP) is 3.10. The van der Waals surface area contributed by atoms with E-state index in [4.69, 9.17) is 0 Å². The fraction of sp³-hybridized carbons (Fsp3) is 0.167. The summed E-state index contributed by atoms with van der Waals surface area (Å²) in [6, 6.07) is 9.84. The van der Waals surface area contributed by atoms with Crippen LogP contribution in [0.4, 0.5) is 0 Å². The van der Waals surface area contributed by atoms with Gasteiger partial charge in [0.25, 0.3) is 0 Å². The SMILES string of the molecule is Cn1cc(C(O)CNC(=O)C=Cc2ccsc2)c2ccccc21. The summed E-state index contributed by atoms with van der Waals surface area (Å²) in [6.45, 7) is 0.181. The second-order valence-electron chi connectivity index (χ2n) is 5.36. The second kappa shape index (κ2) is 6.81. The highest BCUT2D eigenvalue weighted by Crippen LogP contribution is 2.25. The van der Waals surface area contributed by atoms with Crippen LogP contribution in [0.5, 0.6) is 0 Å². The van der Waals surface area contributed by atoms with Crippen LogP contribution in [0.2, 0.25) is 0 Å². The van der Waals surface area contributed by atoms with E-state index < -0.39 is 6.10 Å². The number of nitrogens with zero attached hydrogens (tertiary/aromatic N) is 1. The fourth-order valence-corrected chi connectivity index (χ4v) is 3.17. The number of thiophene rings is 1. The van der Waals surface area contributed by atoms with Gasteiger partial charge in [-0.2, -0.15) is 11.3 Å². The van der Waals surface area contributed by atoms with E-state index in [-0.39, 0.29) is 12.5 Å². The summed E-state index contributed by atoms with van der Waals surface area (Å²) in [5.41, 5.74) is 2.88. The first kappa shape index (κ1) is 15.5. The standard InChI is InChI=1S/C18H18N2O2S/c1-20-11-15(14-4-2-3-5-16(14)20)17(21)10-19-18(22)7-6-13-8-9-23-12-13/h2-9,11-12,17,21H,10H2,1H3,(H,19,22). The van der Waals surface area contributed by atoms with Gasteiger partial charge < -0.3 is 15.0 Å². The Kier molecular flexibility index (Phi) is 4.60. The quantitative estimate of drug-likeness (QED) is 0.708. The van der Waals surface area contributed by atoms with Crippen molar-refractivity contribution in [3.8, 4) is 0 Å². The van der Waals surface area contributed by atoms with Crippen molar-refractivity contribution >= 4 is 34.2 Å². The molecule has 1 unspecified atom stereocenters. The van der Waals surface area contributed by atoms with Crippen molar-refractivity contribution in [2.75, 3.05) is 6.54 Å². The molecule has 0 aliphatic heterocycles. The summed E-state index contributed by atoms with van der Waals surface area (Å²) < 4.78 is 1.98. The molecule has 1 aromatic carbocycles. The van der Waals surface area contributed by atoms with Crippen LogP contribution in [0, 0.1) is 0 Å². The average molecular weight is 326 g/mol. The van der Waals surface area contributed by atoms with Crippen molar-refractivity contribution in [3.63, 3.8) is 0 Å². The maximum atomic E-state index is 11.8. The molecule has 2 N–H and O–H groups in total. The highest BCUT2D eigenvalue weighted by atomic mass is 32.1. The first-order chi connectivity index (χ1) is 11.1. The predicted molar refractivity (Wildman–Crippen MR) is 94.2 cm³/mol. The van der Waals surface area contributed by atoms with Gasteiger partial charge in [0, 0.05) is 42.3 Å². The van der Waals surface area contributed by atoms with E-state index in [9.17, 15) is 9.90 Å². The highest BCUT2D eigenvalue weighted by Gasteiger charge is 2.14. The van der Waals surface area contributed by atoms with Gasteiger partial charge in [-0.1, -0.05) is 18.2 Å². The smallest absolute Gasteiger partial charge is 0.244 e. The molecule has 0 saturated heterocycles. The van der Waals surface area contributed by atoms with Gasteiger partial charge in [-0.05, 0) is 34.5 Å². The molecule has 1 atom stereocenters. The van der Waals surface area contributed by atoms with Crippen molar-refractivity contribution in [3.05, 3.63) is 64.5 Å². The number of amides is 1. The molecule has 0 radical (unpaired) electrons. The van der Waals surface area contributed by atoms with Crippen molar-refractivity contribution in [1.29, 1.82) is 0 Å². The number of hydrogen-bond acceptors (Lipinski definition) is 3. The number of carbonyl (C=O) groups is 1. The summed E-state index contributed by atoms with van der Waals surface area (Å²) in [4.78, 5) is 11.8. The molecule has 1 amide bonds. The third-order valence-corrected chi connectivity index (χ3v) is 4.43. The number of benzene rings is 1. The van der Waals surface area contributed by atoms with E-state index in [1.165, 1.54) is 6.08 Å². The van der Waals surface area contributed by atoms with E-state index in [2.05, 4.69) is 5.32 Å². The molecule has 0 aliphatic carbocycles. The number of hydrogen-bond donors (Lipinski definition) is 2. The van der Waals surface area contributed by atoms with Gasteiger partial charge >= 0.3 is 0 Å². The minimum atomic E-state index is -0.736. The third kappa shape index (κ3) is 3.52. The third-order valence-electron chi connectivity index (χ3n) is 3.73. The van der Waals surface area contributed by atoms with Crippen molar-refractivity contribution in [2.45, 2.75) is 6.10 Å². The zero-order valence-electron chi connectivity index (χ0n) is 12.8. The van der Waals surface area contributed by atoms with E-state index in [0.717, 1.165) is 22.0 Å². The molecule has 5 heteroatoms. The van der Waals surface area contributed by atoms with Crippen LogP contribution >= 0.6 is 11.3 Å². The summed E-state index contributed by atoms with van der Waals surface area (Å²) in [5, 5.41) is 18.1. The van der Waals surface area contributed by atoms with Crippen molar-refractivity contribution in [1.82, 2.24) is 9.88 Å². The molecule has 3 aromatic rings. The zero-order chi connectivity index (χ0) is 16.2. The maximum Gasteiger partial charge on any atom is 0.244 e. The van der Waals surface area contributed by atoms with Crippen LogP contribution in [0.1, 0.15) is 17.2 Å². The molecule has 0 spiro atoms. The van der Waals surface area contributed by atoms with Crippen LogP contribution in [0.25, 0.3) is 17.0 Å². The molecule has 0 bridgehead atoms. The molecule has 118 valence electrons. The Balaban J connectivity index is 1.64. The van der Waals surface area contributed by atoms with Gasteiger partial charge in [-0.15, -0.1) is 0 Å². The Labute approximate surface area is 138 Å². The number of aryl methyl sites for hydroxylation is 1. The first-order valence-electron chi connectivity index (χ1n) is 7.35. The molecule has 0 aliphatic rings. The summed E-state index contributed by atoms with van der Waals surface area (Å²) in [5.74, 6) is -0.213. The molecule has 4 nitrogen and oxygen atoms in total. The van der Waals surface area contributed by atoms with Gasteiger partial charge in [0.2, 0.25) is 5.91 Å². The molecule has 0 saturated carbocycles. The van der Waals surface area contributed by atoms with Gasteiger partial charge in [0.1, 0.15) is 0 Å². The van der Waals surface area contributed by atoms with Gasteiger partial charge in [0.05, 0.1) is 6.10 Å². The Hall–Kier alpha value is -2.37. The summed E-state index contributed by atoms with van der Waals surface area (Å²) in [7, 11) is 1.95. The normalized spacial score (nSPS) is 12.8. The lowest BCUT2D eigenvalue weighted by molar-refractivity contribution is -0.116. The monoisotopic (exact) mass is 326 g/mol. The zero-order valence-corrected chi connectivity index (χ0v) is 13.6.